The van der Waals surface area contributed by atoms with E-state index < -0.39 is 72.6 Å². The van der Waals surface area contributed by atoms with Crippen LogP contribution in [0.3, 0.4) is 0 Å². The van der Waals surface area contributed by atoms with Crippen molar-refractivity contribution in [1.29, 1.82) is 0 Å². The number of nitrogens with one attached hydrogen (secondary N) is 3. The Bertz CT molecular complexity index is 760. The number of carbonyl (C=O) groups is 6. The van der Waals surface area contributed by atoms with Gasteiger partial charge in [0.1, 0.15) is 18.1 Å². The summed E-state index contributed by atoms with van der Waals surface area (Å²) in [6.07, 6.45) is -0.0260. The average molecular weight is 503 g/mol. The molecule has 4 amide bonds. The number of carbonyl (C=O) groups excluding carboxylic acids is 4. The van der Waals surface area contributed by atoms with E-state index in [1.165, 1.54) is 0 Å². The molecule has 0 rings (SSSR count). The minimum absolute atomic E-state index is 0.0260. The number of hydrogen-bond acceptors (Lipinski definition) is 8. The highest BCUT2D eigenvalue weighted by atomic mass is 16.4. The van der Waals surface area contributed by atoms with E-state index in [0.29, 0.717) is 19.4 Å². The zero-order chi connectivity index (χ0) is 27.1. The number of carboxylic acid groups (broad SMARTS) is 2. The summed E-state index contributed by atoms with van der Waals surface area (Å²) in [5.41, 5.74) is 16.1. The number of amides is 4. The van der Waals surface area contributed by atoms with E-state index in [0.717, 1.165) is 0 Å². The predicted octanol–water partition coefficient (Wildman–Crippen LogP) is -2.23. The summed E-state index contributed by atoms with van der Waals surface area (Å²) < 4.78 is 0. The summed E-state index contributed by atoms with van der Waals surface area (Å²) in [6.45, 7) is 3.92. The quantitative estimate of drug-likeness (QED) is 0.0935. The average Bonchev–Trinajstić information content (AvgIpc) is 2.74. The molecule has 0 saturated heterocycles. The summed E-state index contributed by atoms with van der Waals surface area (Å²) >= 11 is 0. The molecule has 14 nitrogen and oxygen atoms in total. The minimum atomic E-state index is -1.38. The van der Waals surface area contributed by atoms with E-state index in [4.69, 9.17) is 22.3 Å². The molecular weight excluding hydrogens is 464 g/mol. The summed E-state index contributed by atoms with van der Waals surface area (Å²) in [4.78, 5) is 71.6. The largest absolute Gasteiger partial charge is 0.481 e. The third kappa shape index (κ3) is 13.9. The fraction of sp³-hybridized carbons (Fsp3) is 0.714. The van der Waals surface area contributed by atoms with Crippen molar-refractivity contribution in [2.75, 3.05) is 6.54 Å². The predicted molar refractivity (Wildman–Crippen MR) is 124 cm³/mol. The molecule has 200 valence electrons. The third-order valence-electron chi connectivity index (χ3n) is 4.94. The van der Waals surface area contributed by atoms with Crippen molar-refractivity contribution in [1.82, 2.24) is 16.0 Å². The SMILES string of the molecule is CC(C)CC(NC(=O)C(CCCCN)NC(=O)C(CCC(=O)O)NC(=O)C(N)CC(N)=O)C(=O)O. The minimum Gasteiger partial charge on any atom is -0.481 e. The Morgan fingerprint density at radius 2 is 1.31 bits per heavy atom. The maximum atomic E-state index is 12.9. The number of unbranched alkanes of at least 4 members (excludes halogenated alkanes) is 1. The van der Waals surface area contributed by atoms with Crippen LogP contribution in [0, 0.1) is 5.92 Å². The first kappa shape index (κ1) is 31.7. The van der Waals surface area contributed by atoms with Gasteiger partial charge < -0.3 is 43.4 Å². The number of nitrogens with two attached hydrogens (primary N) is 3. The lowest BCUT2D eigenvalue weighted by Crippen LogP contribution is -2.57. The Kier molecular flexibility index (Phi) is 14.9. The van der Waals surface area contributed by atoms with Crippen LogP contribution in [0.15, 0.2) is 0 Å². The molecular formula is C21H38N6O8. The second-order valence-corrected chi connectivity index (χ2v) is 8.65. The van der Waals surface area contributed by atoms with Crippen LogP contribution in [-0.4, -0.2) is 76.5 Å². The zero-order valence-corrected chi connectivity index (χ0v) is 20.1. The Hall–Kier alpha value is -3.26. The molecule has 0 aliphatic heterocycles. The van der Waals surface area contributed by atoms with E-state index >= 15 is 0 Å². The Morgan fingerprint density at radius 1 is 0.800 bits per heavy atom. The van der Waals surface area contributed by atoms with Gasteiger partial charge in [0.25, 0.3) is 0 Å². The highest BCUT2D eigenvalue weighted by Gasteiger charge is 2.30. The molecule has 0 aliphatic carbocycles. The lowest BCUT2D eigenvalue weighted by atomic mass is 10.0. The molecule has 0 spiro atoms. The lowest BCUT2D eigenvalue weighted by molar-refractivity contribution is -0.142. The maximum absolute atomic E-state index is 12.9. The smallest absolute Gasteiger partial charge is 0.326 e. The highest BCUT2D eigenvalue weighted by molar-refractivity contribution is 5.95. The van der Waals surface area contributed by atoms with E-state index in [2.05, 4.69) is 16.0 Å². The molecule has 0 fully saturated rings. The maximum Gasteiger partial charge on any atom is 0.326 e. The van der Waals surface area contributed by atoms with Gasteiger partial charge in [-0.2, -0.15) is 0 Å². The van der Waals surface area contributed by atoms with Gasteiger partial charge in [-0.3, -0.25) is 24.0 Å². The van der Waals surface area contributed by atoms with Crippen LogP contribution in [0.2, 0.25) is 0 Å². The number of hydrogen-bond donors (Lipinski definition) is 8. The summed E-state index contributed by atoms with van der Waals surface area (Å²) in [5, 5.41) is 25.5. The summed E-state index contributed by atoms with van der Waals surface area (Å²) in [6, 6.07) is -5.07. The van der Waals surface area contributed by atoms with E-state index in [1.807, 2.05) is 0 Å². The van der Waals surface area contributed by atoms with Crippen LogP contribution in [0.25, 0.3) is 0 Å². The summed E-state index contributed by atoms with van der Waals surface area (Å²) in [7, 11) is 0. The molecule has 0 aromatic rings. The van der Waals surface area contributed by atoms with Crippen LogP contribution in [0.5, 0.6) is 0 Å². The molecule has 0 aromatic heterocycles. The van der Waals surface area contributed by atoms with Crippen LogP contribution in [0.4, 0.5) is 0 Å². The second kappa shape index (κ2) is 16.4. The van der Waals surface area contributed by atoms with Crippen LogP contribution < -0.4 is 33.2 Å². The van der Waals surface area contributed by atoms with Gasteiger partial charge in [-0.05, 0) is 44.6 Å². The molecule has 0 bridgehead atoms. The van der Waals surface area contributed by atoms with Gasteiger partial charge in [0.05, 0.1) is 12.5 Å². The number of rotatable bonds is 18. The Morgan fingerprint density at radius 3 is 1.77 bits per heavy atom. The first-order chi connectivity index (χ1) is 16.3. The van der Waals surface area contributed by atoms with Gasteiger partial charge in [-0.25, -0.2) is 4.79 Å². The topological polar surface area (TPSA) is 257 Å². The molecule has 0 aliphatic rings. The first-order valence-corrected chi connectivity index (χ1v) is 11.4. The van der Waals surface area contributed by atoms with Crippen molar-refractivity contribution in [3.63, 3.8) is 0 Å². The summed E-state index contributed by atoms with van der Waals surface area (Å²) in [5.74, 6) is -5.83. The Balaban J connectivity index is 5.59. The van der Waals surface area contributed by atoms with Gasteiger partial charge in [0.2, 0.25) is 23.6 Å². The van der Waals surface area contributed by atoms with E-state index in [9.17, 15) is 33.9 Å². The lowest BCUT2D eigenvalue weighted by Gasteiger charge is -2.25. The standard InChI is InChI=1S/C21H38N6O8/c1-11(2)9-15(21(34)35)27-19(32)13(5-3-4-8-22)26-20(33)14(6-7-17(29)30)25-18(31)12(23)10-16(24)28/h11-15H,3-10,22-23H2,1-2H3,(H2,24,28)(H,25,31)(H,26,33)(H,27,32)(H,29,30)(H,34,35). The highest BCUT2D eigenvalue weighted by Crippen LogP contribution is 2.08. The van der Waals surface area contributed by atoms with Crippen molar-refractivity contribution < 1.29 is 39.0 Å². The monoisotopic (exact) mass is 502 g/mol. The number of carboxylic acids is 2. The molecule has 14 heteroatoms. The molecule has 4 atom stereocenters. The van der Waals surface area contributed by atoms with E-state index in [-0.39, 0.29) is 25.2 Å². The molecule has 35 heavy (non-hydrogen) atoms. The third-order valence-corrected chi connectivity index (χ3v) is 4.94. The van der Waals surface area contributed by atoms with Crippen LogP contribution in [0.1, 0.15) is 58.8 Å². The van der Waals surface area contributed by atoms with Crippen molar-refractivity contribution in [3.8, 4) is 0 Å². The van der Waals surface area contributed by atoms with Crippen molar-refractivity contribution in [3.05, 3.63) is 0 Å². The second-order valence-electron chi connectivity index (χ2n) is 8.65. The van der Waals surface area contributed by atoms with E-state index in [1.54, 1.807) is 13.8 Å². The van der Waals surface area contributed by atoms with Gasteiger partial charge in [0.15, 0.2) is 0 Å². The molecule has 0 radical (unpaired) electrons. The molecule has 4 unspecified atom stereocenters. The molecule has 0 saturated carbocycles. The normalized spacial score (nSPS) is 14.3. The number of primary amides is 1. The molecule has 0 aromatic carbocycles. The first-order valence-electron chi connectivity index (χ1n) is 11.4. The van der Waals surface area contributed by atoms with Crippen LogP contribution in [-0.2, 0) is 28.8 Å². The fourth-order valence-corrected chi connectivity index (χ4v) is 3.12. The molecule has 11 N–H and O–H groups in total. The number of aliphatic carboxylic acids is 2. The Labute approximate surface area is 203 Å². The van der Waals surface area contributed by atoms with Gasteiger partial charge >= 0.3 is 11.9 Å². The van der Waals surface area contributed by atoms with Crippen molar-refractivity contribution >= 4 is 35.6 Å². The van der Waals surface area contributed by atoms with Gasteiger partial charge in [0, 0.05) is 6.42 Å². The van der Waals surface area contributed by atoms with Crippen molar-refractivity contribution in [2.24, 2.45) is 23.1 Å². The zero-order valence-electron chi connectivity index (χ0n) is 20.1. The van der Waals surface area contributed by atoms with Gasteiger partial charge in [-0.15, -0.1) is 0 Å². The van der Waals surface area contributed by atoms with Crippen LogP contribution >= 0.6 is 0 Å². The van der Waals surface area contributed by atoms with Gasteiger partial charge in [-0.1, -0.05) is 13.8 Å². The fourth-order valence-electron chi connectivity index (χ4n) is 3.12. The van der Waals surface area contributed by atoms with Crippen molar-refractivity contribution in [2.45, 2.75) is 83.0 Å². The molecule has 0 heterocycles.